The minimum absolute atomic E-state index is 0. The van der Waals surface area contributed by atoms with E-state index in [0.717, 1.165) is 58.5 Å². The van der Waals surface area contributed by atoms with Crippen molar-refractivity contribution in [1.82, 2.24) is 10.2 Å². The molecule has 0 aromatic carbocycles. The molecular formula is C13H23ClN2O2. The fraction of sp³-hybridized carbons (Fsp3) is 0.923. The Bertz CT molecular complexity index is 299. The topological polar surface area (TPSA) is 41.6 Å². The van der Waals surface area contributed by atoms with E-state index in [4.69, 9.17) is 4.74 Å². The molecule has 5 heteroatoms. The number of nitrogens with one attached hydrogen (secondary N) is 1. The van der Waals surface area contributed by atoms with Crippen molar-refractivity contribution < 1.29 is 9.53 Å². The summed E-state index contributed by atoms with van der Waals surface area (Å²) in [5.74, 6) is 0.417. The molecule has 3 rings (SSSR count). The van der Waals surface area contributed by atoms with Gasteiger partial charge < -0.3 is 15.0 Å². The molecule has 0 radical (unpaired) electrons. The van der Waals surface area contributed by atoms with Crippen LogP contribution in [-0.2, 0) is 9.53 Å². The van der Waals surface area contributed by atoms with Crippen molar-refractivity contribution in [3.63, 3.8) is 0 Å². The molecule has 3 heterocycles. The third-order valence-corrected chi connectivity index (χ3v) is 4.64. The number of hydrogen-bond acceptors (Lipinski definition) is 3. The number of ether oxygens (including phenoxy) is 1. The molecule has 1 amide bonds. The second-order valence-electron chi connectivity index (χ2n) is 5.65. The number of piperidine rings is 1. The largest absolute Gasteiger partial charge is 0.381 e. The van der Waals surface area contributed by atoms with E-state index >= 15 is 0 Å². The van der Waals surface area contributed by atoms with Crippen LogP contribution in [-0.4, -0.2) is 49.7 Å². The first kappa shape index (κ1) is 14.1. The van der Waals surface area contributed by atoms with Gasteiger partial charge in [-0.05, 0) is 38.6 Å². The number of amides is 1. The standard InChI is InChI=1S/C13H22N2O2.ClH/c16-12-13(5-6-14-10-13)4-1-7-15(12)11-2-8-17-9-3-11;/h11,14H,1-10H2;1H. The van der Waals surface area contributed by atoms with E-state index < -0.39 is 0 Å². The monoisotopic (exact) mass is 274 g/mol. The van der Waals surface area contributed by atoms with Gasteiger partial charge in [0.25, 0.3) is 0 Å². The minimum atomic E-state index is -0.0590. The van der Waals surface area contributed by atoms with Gasteiger partial charge in [0.15, 0.2) is 0 Å². The maximum Gasteiger partial charge on any atom is 0.230 e. The zero-order valence-corrected chi connectivity index (χ0v) is 11.6. The molecule has 3 fully saturated rings. The van der Waals surface area contributed by atoms with E-state index in [-0.39, 0.29) is 17.8 Å². The Balaban J connectivity index is 0.00000120. The summed E-state index contributed by atoms with van der Waals surface area (Å²) in [4.78, 5) is 14.9. The molecule has 0 aromatic rings. The molecule has 0 saturated carbocycles. The van der Waals surface area contributed by atoms with E-state index in [9.17, 15) is 4.79 Å². The molecule has 104 valence electrons. The highest BCUT2D eigenvalue weighted by Gasteiger charge is 2.47. The Morgan fingerprint density at radius 2 is 2.06 bits per heavy atom. The second kappa shape index (κ2) is 5.76. The van der Waals surface area contributed by atoms with Gasteiger partial charge >= 0.3 is 0 Å². The van der Waals surface area contributed by atoms with E-state index in [1.165, 1.54) is 6.42 Å². The number of carbonyl (C=O) groups excluding carboxylic acids is 1. The zero-order valence-electron chi connectivity index (χ0n) is 10.8. The molecule has 0 aromatic heterocycles. The predicted molar refractivity (Wildman–Crippen MR) is 72.0 cm³/mol. The summed E-state index contributed by atoms with van der Waals surface area (Å²) >= 11 is 0. The van der Waals surface area contributed by atoms with Crippen molar-refractivity contribution in [1.29, 1.82) is 0 Å². The van der Waals surface area contributed by atoms with Crippen LogP contribution in [0.2, 0.25) is 0 Å². The summed E-state index contributed by atoms with van der Waals surface area (Å²) in [7, 11) is 0. The Morgan fingerprint density at radius 1 is 1.28 bits per heavy atom. The Kier molecular flexibility index (Phi) is 4.51. The van der Waals surface area contributed by atoms with Gasteiger partial charge in [-0.2, -0.15) is 0 Å². The summed E-state index contributed by atoms with van der Waals surface area (Å²) in [5, 5.41) is 3.36. The zero-order chi connectivity index (χ0) is 11.7. The highest BCUT2D eigenvalue weighted by atomic mass is 35.5. The lowest BCUT2D eigenvalue weighted by Crippen LogP contribution is -2.54. The Labute approximate surface area is 115 Å². The van der Waals surface area contributed by atoms with Crippen LogP contribution in [0.3, 0.4) is 0 Å². The van der Waals surface area contributed by atoms with Crippen molar-refractivity contribution in [2.45, 2.75) is 38.1 Å². The van der Waals surface area contributed by atoms with Crippen LogP contribution in [0.5, 0.6) is 0 Å². The maximum atomic E-state index is 12.7. The fourth-order valence-corrected chi connectivity index (χ4v) is 3.59. The van der Waals surface area contributed by atoms with Gasteiger partial charge in [0.1, 0.15) is 0 Å². The fourth-order valence-electron chi connectivity index (χ4n) is 3.59. The smallest absolute Gasteiger partial charge is 0.230 e. The number of likely N-dealkylation sites (tertiary alicyclic amines) is 1. The molecule has 1 N–H and O–H groups in total. The number of rotatable bonds is 1. The van der Waals surface area contributed by atoms with Gasteiger partial charge in [0.2, 0.25) is 5.91 Å². The SMILES string of the molecule is Cl.O=C1N(C2CCOCC2)CCCC12CCNC2. The minimum Gasteiger partial charge on any atom is -0.381 e. The molecule has 3 aliphatic rings. The number of halogens is 1. The molecule has 4 nitrogen and oxygen atoms in total. The molecule has 3 aliphatic heterocycles. The van der Waals surface area contributed by atoms with Crippen LogP contribution in [0.4, 0.5) is 0 Å². The molecule has 18 heavy (non-hydrogen) atoms. The van der Waals surface area contributed by atoms with Gasteiger partial charge in [-0.1, -0.05) is 0 Å². The maximum absolute atomic E-state index is 12.7. The third-order valence-electron chi connectivity index (χ3n) is 4.64. The summed E-state index contributed by atoms with van der Waals surface area (Å²) in [6, 6.07) is 0.439. The van der Waals surface area contributed by atoms with E-state index in [1.54, 1.807) is 0 Å². The van der Waals surface area contributed by atoms with Crippen molar-refractivity contribution in [2.24, 2.45) is 5.41 Å². The lowest BCUT2D eigenvalue weighted by Gasteiger charge is -2.44. The van der Waals surface area contributed by atoms with Crippen LogP contribution >= 0.6 is 12.4 Å². The van der Waals surface area contributed by atoms with Crippen LogP contribution < -0.4 is 5.32 Å². The van der Waals surface area contributed by atoms with E-state index in [0.29, 0.717) is 11.9 Å². The summed E-state index contributed by atoms with van der Waals surface area (Å²) in [6.45, 7) is 4.50. The molecule has 1 atom stereocenters. The van der Waals surface area contributed by atoms with Gasteiger partial charge in [-0.25, -0.2) is 0 Å². The first-order valence-corrected chi connectivity index (χ1v) is 6.91. The van der Waals surface area contributed by atoms with Gasteiger partial charge in [-0.3, -0.25) is 4.79 Å². The van der Waals surface area contributed by atoms with Gasteiger partial charge in [-0.15, -0.1) is 12.4 Å². The normalized spacial score (nSPS) is 33.8. The molecule has 0 aliphatic carbocycles. The van der Waals surface area contributed by atoms with E-state index in [2.05, 4.69) is 10.2 Å². The van der Waals surface area contributed by atoms with E-state index in [1.807, 2.05) is 0 Å². The highest BCUT2D eigenvalue weighted by Crippen LogP contribution is 2.38. The number of nitrogens with zero attached hydrogens (tertiary/aromatic N) is 1. The first-order valence-electron chi connectivity index (χ1n) is 6.91. The lowest BCUT2D eigenvalue weighted by molar-refractivity contribution is -0.150. The first-order chi connectivity index (χ1) is 8.32. The van der Waals surface area contributed by atoms with Crippen LogP contribution in [0.25, 0.3) is 0 Å². The highest BCUT2D eigenvalue weighted by molar-refractivity contribution is 5.85. The molecule has 0 bridgehead atoms. The van der Waals surface area contributed by atoms with Gasteiger partial charge in [0, 0.05) is 32.3 Å². The predicted octanol–water partition coefficient (Wildman–Crippen LogP) is 1.19. The van der Waals surface area contributed by atoms with Crippen LogP contribution in [0.15, 0.2) is 0 Å². The van der Waals surface area contributed by atoms with Crippen molar-refractivity contribution in [2.75, 3.05) is 32.8 Å². The van der Waals surface area contributed by atoms with Gasteiger partial charge in [0.05, 0.1) is 5.41 Å². The summed E-state index contributed by atoms with van der Waals surface area (Å²) in [6.07, 6.45) is 5.33. The summed E-state index contributed by atoms with van der Waals surface area (Å²) in [5.41, 5.74) is -0.0590. The van der Waals surface area contributed by atoms with Crippen molar-refractivity contribution in [3.05, 3.63) is 0 Å². The molecule has 1 spiro atoms. The molecule has 3 saturated heterocycles. The van der Waals surface area contributed by atoms with Crippen LogP contribution in [0.1, 0.15) is 32.1 Å². The quantitative estimate of drug-likeness (QED) is 0.781. The van der Waals surface area contributed by atoms with Crippen molar-refractivity contribution in [3.8, 4) is 0 Å². The summed E-state index contributed by atoms with van der Waals surface area (Å²) < 4.78 is 5.39. The number of hydrogen-bond donors (Lipinski definition) is 1. The number of carbonyl (C=O) groups is 1. The lowest BCUT2D eigenvalue weighted by atomic mass is 9.77. The average Bonchev–Trinajstić information content (AvgIpc) is 2.84. The Hall–Kier alpha value is -0.320. The van der Waals surface area contributed by atoms with Crippen molar-refractivity contribution >= 4 is 18.3 Å². The average molecular weight is 275 g/mol. The van der Waals surface area contributed by atoms with Crippen LogP contribution in [0, 0.1) is 5.41 Å². The Morgan fingerprint density at radius 3 is 2.72 bits per heavy atom. The molecular weight excluding hydrogens is 252 g/mol. The second-order valence-corrected chi connectivity index (χ2v) is 5.65. The third kappa shape index (κ3) is 2.38. The molecule has 1 unspecified atom stereocenters.